The van der Waals surface area contributed by atoms with Crippen molar-refractivity contribution in [2.24, 2.45) is 0 Å². The van der Waals surface area contributed by atoms with Gasteiger partial charge in [0, 0.05) is 0 Å². The molecule has 0 atom stereocenters. The van der Waals surface area contributed by atoms with Crippen molar-refractivity contribution < 1.29 is 15.5 Å². The van der Waals surface area contributed by atoms with Gasteiger partial charge in [-0.1, -0.05) is 9.46 Å². The predicted octanol–water partition coefficient (Wildman–Crippen LogP) is -1.50. The lowest BCUT2D eigenvalue weighted by Crippen LogP contribution is -2.38. The molecule has 12 heavy (non-hydrogen) atoms. The van der Waals surface area contributed by atoms with E-state index in [0.29, 0.717) is 0 Å². The molecule has 1 aromatic heterocycles. The highest BCUT2D eigenvalue weighted by atomic mass is 16.5. The van der Waals surface area contributed by atoms with Crippen molar-refractivity contribution >= 4 is 0 Å². The highest BCUT2D eigenvalue weighted by Crippen LogP contribution is 2.04. The maximum Gasteiger partial charge on any atom is 0.400 e. The van der Waals surface area contributed by atoms with E-state index in [1.54, 1.807) is 0 Å². The lowest BCUT2D eigenvalue weighted by Gasteiger charge is -2.03. The first-order valence-corrected chi connectivity index (χ1v) is 2.93. The van der Waals surface area contributed by atoms with Crippen LogP contribution in [0.4, 0.5) is 0 Å². The summed E-state index contributed by atoms with van der Waals surface area (Å²) in [7, 11) is 0. The second-order valence-corrected chi connectivity index (χ2v) is 2.16. The van der Waals surface area contributed by atoms with E-state index in [4.69, 9.17) is 15.5 Å². The molecule has 7 nitrogen and oxygen atoms in total. The quantitative estimate of drug-likeness (QED) is 0.415. The van der Waals surface area contributed by atoms with E-state index in [9.17, 15) is 9.59 Å². The topological polar surface area (TPSA) is 105 Å². The minimum Gasteiger partial charge on any atom is -0.492 e. The third-order valence-electron chi connectivity index (χ3n) is 1.41. The molecule has 0 bridgehead atoms. The molecule has 0 aliphatic carbocycles. The van der Waals surface area contributed by atoms with Crippen LogP contribution in [0, 0.1) is 6.92 Å². The maximum absolute atomic E-state index is 10.8. The number of aromatic hydroxyl groups is 1. The van der Waals surface area contributed by atoms with E-state index in [2.05, 4.69) is 0 Å². The average Bonchev–Trinajstić information content (AvgIpc) is 2.08. The highest BCUT2D eigenvalue weighted by Gasteiger charge is 2.13. The van der Waals surface area contributed by atoms with Crippen LogP contribution in [0.1, 0.15) is 5.56 Å². The van der Waals surface area contributed by atoms with Gasteiger partial charge in [-0.15, -0.1) is 0 Å². The van der Waals surface area contributed by atoms with E-state index in [-0.39, 0.29) is 15.0 Å². The second-order valence-electron chi connectivity index (χ2n) is 2.16. The summed E-state index contributed by atoms with van der Waals surface area (Å²) in [5, 5.41) is 26.3. The molecule has 66 valence electrons. The Bertz CT molecular complexity index is 391. The molecule has 3 N–H and O–H groups in total. The first kappa shape index (κ1) is 8.18. The molecule has 0 spiro atoms. The Labute approximate surface area is 65.3 Å². The van der Waals surface area contributed by atoms with Crippen LogP contribution in [-0.2, 0) is 0 Å². The van der Waals surface area contributed by atoms with Crippen LogP contribution in [0.5, 0.6) is 5.88 Å². The predicted molar refractivity (Wildman–Crippen MR) is 35.7 cm³/mol. The zero-order valence-corrected chi connectivity index (χ0v) is 6.05. The van der Waals surface area contributed by atoms with Gasteiger partial charge in [0.15, 0.2) is 0 Å². The van der Waals surface area contributed by atoms with Gasteiger partial charge in [-0.2, -0.15) is 0 Å². The summed E-state index contributed by atoms with van der Waals surface area (Å²) in [5.41, 5.74) is -2.80. The number of hydrogen-bond acceptors (Lipinski definition) is 5. The van der Waals surface area contributed by atoms with Crippen molar-refractivity contribution in [1.82, 2.24) is 9.46 Å². The average molecular weight is 174 g/mol. The number of aromatic nitrogens is 2. The van der Waals surface area contributed by atoms with E-state index in [1.165, 1.54) is 0 Å². The molecule has 7 heteroatoms. The summed E-state index contributed by atoms with van der Waals surface area (Å²) in [5.74, 6) is -0.879. The Balaban J connectivity index is 3.86. The van der Waals surface area contributed by atoms with Crippen LogP contribution in [0.15, 0.2) is 9.59 Å². The summed E-state index contributed by atoms with van der Waals surface area (Å²) in [6.07, 6.45) is 0. The summed E-state index contributed by atoms with van der Waals surface area (Å²) in [6.45, 7) is 1.15. The van der Waals surface area contributed by atoms with Gasteiger partial charge in [-0.05, 0) is 6.92 Å². The lowest BCUT2D eigenvalue weighted by atomic mass is 10.4. The molecule has 0 saturated carbocycles. The summed E-state index contributed by atoms with van der Waals surface area (Å²) in [6, 6.07) is 0. The monoisotopic (exact) mass is 174 g/mol. The second kappa shape index (κ2) is 2.29. The smallest absolute Gasteiger partial charge is 0.400 e. The fraction of sp³-hybridized carbons (Fsp3) is 0.200. The van der Waals surface area contributed by atoms with Gasteiger partial charge in [0.05, 0.1) is 5.56 Å². The van der Waals surface area contributed by atoms with Gasteiger partial charge in [-0.3, -0.25) is 4.79 Å². The van der Waals surface area contributed by atoms with Crippen LogP contribution in [0.25, 0.3) is 0 Å². The Kier molecular flexibility index (Phi) is 1.56. The Morgan fingerprint density at radius 3 is 2.17 bits per heavy atom. The van der Waals surface area contributed by atoms with Crippen LogP contribution < -0.4 is 11.2 Å². The van der Waals surface area contributed by atoms with Gasteiger partial charge in [0.2, 0.25) is 5.88 Å². The molecule has 1 rings (SSSR count). The zero-order chi connectivity index (χ0) is 9.46. The zero-order valence-electron chi connectivity index (χ0n) is 6.05. The van der Waals surface area contributed by atoms with Crippen LogP contribution in [0.3, 0.4) is 0 Å². The fourth-order valence-electron chi connectivity index (χ4n) is 0.681. The molecule has 0 saturated heterocycles. The van der Waals surface area contributed by atoms with Gasteiger partial charge < -0.3 is 15.5 Å². The van der Waals surface area contributed by atoms with E-state index in [1.807, 2.05) is 0 Å². The molecule has 0 aliphatic heterocycles. The summed E-state index contributed by atoms with van der Waals surface area (Å²) in [4.78, 5) is 21.4. The van der Waals surface area contributed by atoms with Crippen molar-refractivity contribution in [3.05, 3.63) is 26.4 Å². The molecule has 0 aliphatic rings. The Hall–Kier alpha value is -1.92. The lowest BCUT2D eigenvalue weighted by molar-refractivity contribution is 0.0842. The fourth-order valence-corrected chi connectivity index (χ4v) is 0.681. The van der Waals surface area contributed by atoms with Crippen LogP contribution in [0.2, 0.25) is 0 Å². The van der Waals surface area contributed by atoms with Crippen LogP contribution >= 0.6 is 0 Å². The van der Waals surface area contributed by atoms with Crippen molar-refractivity contribution in [2.75, 3.05) is 0 Å². The summed E-state index contributed by atoms with van der Waals surface area (Å²) < 4.78 is -0.522. The van der Waals surface area contributed by atoms with Crippen molar-refractivity contribution in [1.29, 1.82) is 0 Å². The van der Waals surface area contributed by atoms with Gasteiger partial charge in [0.1, 0.15) is 0 Å². The minimum atomic E-state index is -1.41. The molecular formula is C5H6N2O5. The molecule has 0 amide bonds. The molecular weight excluding hydrogens is 168 g/mol. The normalized spacial score (nSPS) is 10.1. The SMILES string of the molecule is Cc1c(O)n(O)c(=O)n(O)c1=O. The Morgan fingerprint density at radius 1 is 1.17 bits per heavy atom. The first-order chi connectivity index (χ1) is 5.46. The van der Waals surface area contributed by atoms with Crippen molar-refractivity contribution in [2.45, 2.75) is 6.92 Å². The highest BCUT2D eigenvalue weighted by molar-refractivity contribution is 5.19. The molecule has 0 aromatic carbocycles. The molecule has 0 radical (unpaired) electrons. The molecule has 0 fully saturated rings. The number of rotatable bonds is 0. The van der Waals surface area contributed by atoms with E-state index >= 15 is 0 Å². The molecule has 1 heterocycles. The van der Waals surface area contributed by atoms with Gasteiger partial charge >= 0.3 is 5.69 Å². The number of hydrogen-bond donors (Lipinski definition) is 3. The third-order valence-corrected chi connectivity index (χ3v) is 1.41. The third kappa shape index (κ3) is 0.831. The van der Waals surface area contributed by atoms with Gasteiger partial charge in [0.25, 0.3) is 5.56 Å². The van der Waals surface area contributed by atoms with E-state index < -0.39 is 17.1 Å². The van der Waals surface area contributed by atoms with Crippen molar-refractivity contribution in [3.63, 3.8) is 0 Å². The van der Waals surface area contributed by atoms with Crippen molar-refractivity contribution in [3.8, 4) is 5.88 Å². The van der Waals surface area contributed by atoms with E-state index in [0.717, 1.165) is 6.92 Å². The largest absolute Gasteiger partial charge is 0.492 e. The standard InChI is InChI=1S/C5H6N2O5/c1-2-3(8)6(11)5(10)7(12)4(2)9/h8,11-12H,1H3. The summed E-state index contributed by atoms with van der Waals surface area (Å²) >= 11 is 0. The van der Waals surface area contributed by atoms with Crippen LogP contribution in [-0.4, -0.2) is 25.0 Å². The first-order valence-electron chi connectivity index (χ1n) is 2.93. The minimum absolute atomic E-state index is 0.225. The Morgan fingerprint density at radius 2 is 1.67 bits per heavy atom. The molecule has 0 unspecified atom stereocenters. The van der Waals surface area contributed by atoms with Gasteiger partial charge in [-0.25, -0.2) is 4.79 Å². The number of nitrogens with zero attached hydrogens (tertiary/aromatic N) is 2. The molecule has 1 aromatic rings. The maximum atomic E-state index is 10.8.